The van der Waals surface area contributed by atoms with E-state index < -0.39 is 5.41 Å². The van der Waals surface area contributed by atoms with E-state index >= 15 is 0 Å². The zero-order valence-corrected chi connectivity index (χ0v) is 15.9. The van der Waals surface area contributed by atoms with Crippen molar-refractivity contribution in [2.75, 3.05) is 5.73 Å². The van der Waals surface area contributed by atoms with Gasteiger partial charge in [0.05, 0.1) is 5.41 Å². The Balaban J connectivity index is 1.70. The zero-order chi connectivity index (χ0) is 19.7. The highest BCUT2D eigenvalue weighted by atomic mass is 16.5. The Morgan fingerprint density at radius 1 is 1.04 bits per heavy atom. The van der Waals surface area contributed by atoms with Crippen LogP contribution in [0.15, 0.2) is 53.6 Å². The Morgan fingerprint density at radius 3 is 2.36 bits per heavy atom. The van der Waals surface area contributed by atoms with Crippen molar-refractivity contribution in [1.29, 1.82) is 0 Å². The van der Waals surface area contributed by atoms with Gasteiger partial charge in [-0.3, -0.25) is 0 Å². The first-order valence-corrected chi connectivity index (χ1v) is 9.01. The molecule has 0 spiro atoms. The highest BCUT2D eigenvalue weighted by Crippen LogP contribution is 2.38. The summed E-state index contributed by atoms with van der Waals surface area (Å²) in [6.07, 6.45) is 6.81. The fraction of sp³-hybridized carbons (Fsp3) is 0.250. The number of nitrogens with zero attached hydrogens (tertiary/aromatic N) is 5. The maximum Gasteiger partial charge on any atom is 0.293 e. The highest BCUT2D eigenvalue weighted by Gasteiger charge is 2.37. The number of anilines is 1. The number of nitrogen functional groups attached to an aromatic ring is 1. The molecule has 0 saturated carbocycles. The van der Waals surface area contributed by atoms with Gasteiger partial charge in [-0.05, 0) is 24.0 Å². The molecule has 0 aliphatic heterocycles. The van der Waals surface area contributed by atoms with Gasteiger partial charge in [0.15, 0.2) is 11.6 Å². The summed E-state index contributed by atoms with van der Waals surface area (Å²) in [5.74, 6) is 2.06. The molecule has 8 nitrogen and oxygen atoms in total. The largest absolute Gasteiger partial charge is 0.368 e. The smallest absolute Gasteiger partial charge is 0.293 e. The topological polar surface area (TPSA) is 119 Å². The second-order valence-corrected chi connectivity index (χ2v) is 7.13. The number of hydrogen-bond acceptors (Lipinski definition) is 7. The molecule has 3 heterocycles. The first kappa shape index (κ1) is 17.8. The maximum atomic E-state index is 5.57. The van der Waals surface area contributed by atoms with Crippen LogP contribution in [0.1, 0.15) is 32.2 Å². The second-order valence-electron chi connectivity index (χ2n) is 7.13. The maximum absolute atomic E-state index is 5.57. The van der Waals surface area contributed by atoms with E-state index in [0.29, 0.717) is 17.5 Å². The number of nitrogens with two attached hydrogens (primary N) is 1. The summed E-state index contributed by atoms with van der Waals surface area (Å²) in [4.78, 5) is 19.9. The van der Waals surface area contributed by atoms with Gasteiger partial charge >= 0.3 is 0 Å². The number of H-pyrrole nitrogens is 1. The molecule has 3 N–H and O–H groups in total. The Morgan fingerprint density at radius 2 is 1.75 bits per heavy atom. The minimum Gasteiger partial charge on any atom is -0.368 e. The molecule has 0 aliphatic rings. The third kappa shape index (κ3) is 3.02. The summed E-state index contributed by atoms with van der Waals surface area (Å²) >= 11 is 0. The lowest BCUT2D eigenvalue weighted by Gasteiger charge is -2.31. The van der Waals surface area contributed by atoms with Gasteiger partial charge in [-0.1, -0.05) is 43.3 Å². The van der Waals surface area contributed by atoms with Crippen LogP contribution in [0.3, 0.4) is 0 Å². The molecule has 0 bridgehead atoms. The van der Waals surface area contributed by atoms with Gasteiger partial charge in [-0.25, -0.2) is 15.0 Å². The molecular formula is C20H21N7O. The van der Waals surface area contributed by atoms with E-state index in [4.69, 9.17) is 10.3 Å². The van der Waals surface area contributed by atoms with Crippen molar-refractivity contribution < 1.29 is 4.52 Å². The third-order valence-corrected chi connectivity index (χ3v) is 5.24. The standard InChI is InChI=1S/C20H21N7O/c1-12(2)20(3,18-26-17(28-27-18)16-22-8-9-23-16)15-6-4-13(5-7-15)14-10-24-19(21)25-11-14/h4-12H,1-3H3,(H,22,23)(H2,21,24,25). The number of nitrogens with one attached hydrogen (secondary N) is 1. The monoisotopic (exact) mass is 375 g/mol. The van der Waals surface area contributed by atoms with Gasteiger partial charge in [0.2, 0.25) is 5.95 Å². The van der Waals surface area contributed by atoms with Gasteiger partial charge in [0.1, 0.15) is 0 Å². The van der Waals surface area contributed by atoms with Crippen LogP contribution < -0.4 is 5.73 Å². The van der Waals surface area contributed by atoms with Crippen LogP contribution in [0.4, 0.5) is 5.95 Å². The minimum atomic E-state index is -0.426. The Labute approximate surface area is 162 Å². The van der Waals surface area contributed by atoms with Gasteiger partial charge in [0, 0.05) is 30.4 Å². The average molecular weight is 375 g/mol. The summed E-state index contributed by atoms with van der Waals surface area (Å²) in [5, 5.41) is 4.25. The van der Waals surface area contributed by atoms with Crippen molar-refractivity contribution in [3.05, 3.63) is 60.4 Å². The molecule has 1 atom stereocenters. The predicted molar refractivity (Wildman–Crippen MR) is 105 cm³/mol. The number of benzene rings is 1. The van der Waals surface area contributed by atoms with E-state index in [9.17, 15) is 0 Å². The van der Waals surface area contributed by atoms with Crippen LogP contribution in [0, 0.1) is 5.92 Å². The Kier molecular flexibility index (Phi) is 4.38. The number of aromatic amines is 1. The average Bonchev–Trinajstić information content (AvgIpc) is 3.40. The van der Waals surface area contributed by atoms with E-state index in [1.54, 1.807) is 24.8 Å². The summed E-state index contributed by atoms with van der Waals surface area (Å²) in [5.41, 5.74) is 8.16. The lowest BCUT2D eigenvalue weighted by atomic mass is 9.72. The quantitative estimate of drug-likeness (QED) is 0.548. The normalized spacial score (nSPS) is 13.6. The molecule has 1 aromatic carbocycles. The zero-order valence-electron chi connectivity index (χ0n) is 15.9. The molecule has 0 aliphatic carbocycles. The minimum absolute atomic E-state index is 0.236. The molecular weight excluding hydrogens is 354 g/mol. The lowest BCUT2D eigenvalue weighted by molar-refractivity contribution is 0.350. The molecule has 0 amide bonds. The van der Waals surface area contributed by atoms with Crippen LogP contribution in [0.2, 0.25) is 0 Å². The number of hydrogen-bond donors (Lipinski definition) is 2. The lowest BCUT2D eigenvalue weighted by Crippen LogP contribution is -2.31. The molecule has 28 heavy (non-hydrogen) atoms. The molecule has 4 aromatic rings. The van der Waals surface area contributed by atoms with Crippen LogP contribution in [-0.2, 0) is 5.41 Å². The van der Waals surface area contributed by atoms with Crippen molar-refractivity contribution in [2.24, 2.45) is 5.92 Å². The molecule has 0 saturated heterocycles. The highest BCUT2D eigenvalue weighted by molar-refractivity contribution is 5.62. The predicted octanol–water partition coefficient (Wildman–Crippen LogP) is 3.46. The molecule has 0 radical (unpaired) electrons. The van der Waals surface area contributed by atoms with E-state index in [1.165, 1.54) is 0 Å². The third-order valence-electron chi connectivity index (χ3n) is 5.24. The van der Waals surface area contributed by atoms with Crippen molar-refractivity contribution in [3.8, 4) is 22.8 Å². The molecule has 3 aromatic heterocycles. The molecule has 142 valence electrons. The van der Waals surface area contributed by atoms with Gasteiger partial charge in [-0.15, -0.1) is 0 Å². The van der Waals surface area contributed by atoms with Gasteiger partial charge in [0.25, 0.3) is 5.89 Å². The second kappa shape index (κ2) is 6.88. The van der Waals surface area contributed by atoms with Crippen LogP contribution in [0.25, 0.3) is 22.8 Å². The SMILES string of the molecule is CC(C)C(C)(c1ccc(-c2cnc(N)nc2)cc1)c1noc(-c2ncc[nH]2)n1. The number of rotatable bonds is 5. The van der Waals surface area contributed by atoms with Crippen molar-refractivity contribution >= 4 is 5.95 Å². The van der Waals surface area contributed by atoms with E-state index in [1.807, 2.05) is 12.1 Å². The van der Waals surface area contributed by atoms with Gasteiger partial charge < -0.3 is 15.2 Å². The summed E-state index contributed by atoms with van der Waals surface area (Å²) < 4.78 is 5.45. The molecule has 8 heteroatoms. The van der Waals surface area contributed by atoms with Crippen molar-refractivity contribution in [3.63, 3.8) is 0 Å². The molecule has 4 rings (SSSR count). The van der Waals surface area contributed by atoms with Crippen molar-refractivity contribution in [2.45, 2.75) is 26.2 Å². The van der Waals surface area contributed by atoms with E-state index in [2.05, 4.69) is 63.0 Å². The van der Waals surface area contributed by atoms with E-state index in [0.717, 1.165) is 16.7 Å². The number of aromatic nitrogens is 6. The number of imidazole rings is 1. The van der Waals surface area contributed by atoms with E-state index in [-0.39, 0.29) is 11.9 Å². The van der Waals surface area contributed by atoms with Crippen LogP contribution in [-0.4, -0.2) is 30.1 Å². The molecule has 1 unspecified atom stereocenters. The molecule has 0 fully saturated rings. The first-order chi connectivity index (χ1) is 13.5. The van der Waals surface area contributed by atoms with Crippen LogP contribution in [0.5, 0.6) is 0 Å². The van der Waals surface area contributed by atoms with Crippen molar-refractivity contribution in [1.82, 2.24) is 30.1 Å². The summed E-state index contributed by atoms with van der Waals surface area (Å²) in [6.45, 7) is 6.41. The fourth-order valence-corrected chi connectivity index (χ4v) is 3.13. The Bertz CT molecular complexity index is 1050. The first-order valence-electron chi connectivity index (χ1n) is 9.01. The van der Waals surface area contributed by atoms with Gasteiger partial charge in [-0.2, -0.15) is 4.98 Å². The fourth-order valence-electron chi connectivity index (χ4n) is 3.13. The summed E-state index contributed by atoms with van der Waals surface area (Å²) in [7, 11) is 0. The summed E-state index contributed by atoms with van der Waals surface area (Å²) in [6, 6.07) is 8.24. The van der Waals surface area contributed by atoms with Crippen LogP contribution >= 0.6 is 0 Å². The Hall–Kier alpha value is -3.55.